The Labute approximate surface area is 132 Å². The molecule has 0 spiro atoms. The summed E-state index contributed by atoms with van der Waals surface area (Å²) in [6.45, 7) is 4.15. The number of nitrogens with zero attached hydrogens (tertiary/aromatic N) is 1. The number of hydrogen-bond acceptors (Lipinski definition) is 5. The topological polar surface area (TPSA) is 96.4 Å². The van der Waals surface area contributed by atoms with Gasteiger partial charge < -0.3 is 5.11 Å². The van der Waals surface area contributed by atoms with Crippen molar-refractivity contribution in [2.45, 2.75) is 31.2 Å². The van der Waals surface area contributed by atoms with Gasteiger partial charge in [0.1, 0.15) is 0 Å². The Morgan fingerprint density at radius 1 is 1.32 bits per heavy atom. The molecule has 118 valence electrons. The molecule has 6 nitrogen and oxygen atoms in total. The molecule has 0 saturated heterocycles. The van der Waals surface area contributed by atoms with Gasteiger partial charge in [-0.3, -0.25) is 0 Å². The Morgan fingerprint density at radius 3 is 2.45 bits per heavy atom. The van der Waals surface area contributed by atoms with Gasteiger partial charge in [0.15, 0.2) is 0 Å². The number of rotatable bonds is 6. The maximum Gasteiger partial charge on any atom is 0.335 e. The van der Waals surface area contributed by atoms with Crippen LogP contribution >= 0.6 is 11.3 Å². The van der Waals surface area contributed by atoms with Crippen LogP contribution in [0.1, 0.15) is 40.8 Å². The monoisotopic (exact) mass is 340 g/mol. The quantitative estimate of drug-likeness (QED) is 0.842. The van der Waals surface area contributed by atoms with Gasteiger partial charge in [-0.25, -0.2) is 22.9 Å². The molecule has 2 aromatic rings. The first-order chi connectivity index (χ1) is 10.3. The summed E-state index contributed by atoms with van der Waals surface area (Å²) in [7, 11) is -3.69. The van der Waals surface area contributed by atoms with E-state index in [1.165, 1.54) is 35.6 Å². The molecule has 0 fully saturated rings. The van der Waals surface area contributed by atoms with Crippen molar-refractivity contribution >= 4 is 27.3 Å². The summed E-state index contributed by atoms with van der Waals surface area (Å²) in [5, 5.41) is 11.6. The number of benzene rings is 1. The largest absolute Gasteiger partial charge is 0.478 e. The first-order valence-electron chi connectivity index (χ1n) is 6.57. The third-order valence-electron chi connectivity index (χ3n) is 2.92. The third-order valence-corrected chi connectivity index (χ3v) is 5.53. The lowest BCUT2D eigenvalue weighted by molar-refractivity contribution is 0.0696. The van der Waals surface area contributed by atoms with E-state index in [0.717, 1.165) is 5.01 Å². The molecule has 2 rings (SSSR count). The lowest BCUT2D eigenvalue weighted by atomic mass is 10.2. The fourth-order valence-corrected chi connectivity index (χ4v) is 3.53. The van der Waals surface area contributed by atoms with Crippen LogP contribution in [0, 0.1) is 0 Å². The molecule has 0 aliphatic carbocycles. The molecule has 1 heterocycles. The second kappa shape index (κ2) is 6.55. The minimum atomic E-state index is -3.69. The van der Waals surface area contributed by atoms with Gasteiger partial charge >= 0.3 is 5.97 Å². The summed E-state index contributed by atoms with van der Waals surface area (Å²) in [4.78, 5) is 15.1. The zero-order chi connectivity index (χ0) is 16.3. The number of nitrogens with one attached hydrogen (secondary N) is 1. The zero-order valence-electron chi connectivity index (χ0n) is 12.1. The molecule has 0 saturated carbocycles. The Bertz CT molecular complexity index is 764. The van der Waals surface area contributed by atoms with Gasteiger partial charge in [-0.15, -0.1) is 11.3 Å². The van der Waals surface area contributed by atoms with E-state index in [0.29, 0.717) is 11.6 Å². The number of thiazole rings is 1. The maximum atomic E-state index is 12.1. The highest BCUT2D eigenvalue weighted by atomic mass is 32.2. The van der Waals surface area contributed by atoms with E-state index in [2.05, 4.69) is 9.71 Å². The minimum absolute atomic E-state index is 0.0248. The van der Waals surface area contributed by atoms with Crippen LogP contribution < -0.4 is 4.72 Å². The first-order valence-corrected chi connectivity index (χ1v) is 8.93. The highest BCUT2D eigenvalue weighted by molar-refractivity contribution is 7.89. The third kappa shape index (κ3) is 3.90. The van der Waals surface area contributed by atoms with E-state index < -0.39 is 16.0 Å². The number of carboxylic acids is 1. The van der Waals surface area contributed by atoms with Crippen molar-refractivity contribution in [2.24, 2.45) is 0 Å². The van der Waals surface area contributed by atoms with Crippen LogP contribution in [0.2, 0.25) is 0 Å². The number of aromatic carboxylic acids is 1. The van der Waals surface area contributed by atoms with Crippen LogP contribution in [0.3, 0.4) is 0 Å². The van der Waals surface area contributed by atoms with Crippen LogP contribution in [-0.4, -0.2) is 24.5 Å². The van der Waals surface area contributed by atoms with Crippen LogP contribution in [0.4, 0.5) is 0 Å². The number of aromatic nitrogens is 1. The molecule has 2 N–H and O–H groups in total. The normalized spacial score (nSPS) is 11.8. The smallest absolute Gasteiger partial charge is 0.335 e. The Hall–Kier alpha value is -1.77. The second-order valence-corrected chi connectivity index (χ2v) is 7.64. The standard InChI is InChI=1S/C14H16N2O4S2/c1-9(2)13-16-11(8-21-13)7-15-22(19,20)12-5-3-10(4-6-12)14(17)18/h3-6,8-9,15H,7H2,1-2H3,(H,17,18). The van der Waals surface area contributed by atoms with Crippen molar-refractivity contribution in [3.8, 4) is 0 Å². The molecule has 0 bridgehead atoms. The van der Waals surface area contributed by atoms with E-state index >= 15 is 0 Å². The van der Waals surface area contributed by atoms with Crippen molar-refractivity contribution in [1.29, 1.82) is 0 Å². The Kier molecular flexibility index (Phi) is 4.94. The maximum absolute atomic E-state index is 12.1. The van der Waals surface area contributed by atoms with Crippen molar-refractivity contribution in [3.05, 3.63) is 45.9 Å². The number of carboxylic acid groups (broad SMARTS) is 1. The van der Waals surface area contributed by atoms with Crippen molar-refractivity contribution in [2.75, 3.05) is 0 Å². The summed E-state index contributed by atoms with van der Waals surface area (Å²) in [5.41, 5.74) is 0.708. The van der Waals surface area contributed by atoms with Crippen molar-refractivity contribution in [3.63, 3.8) is 0 Å². The molecule has 1 aromatic carbocycles. The second-order valence-electron chi connectivity index (χ2n) is 4.99. The number of carbonyl (C=O) groups is 1. The van der Waals surface area contributed by atoms with Crippen LogP contribution in [-0.2, 0) is 16.6 Å². The molecule has 0 atom stereocenters. The van der Waals surface area contributed by atoms with Crippen LogP contribution in [0.25, 0.3) is 0 Å². The minimum Gasteiger partial charge on any atom is -0.478 e. The lowest BCUT2D eigenvalue weighted by Crippen LogP contribution is -2.23. The highest BCUT2D eigenvalue weighted by Gasteiger charge is 2.15. The fraction of sp³-hybridized carbons (Fsp3) is 0.286. The van der Waals surface area contributed by atoms with E-state index in [9.17, 15) is 13.2 Å². The van der Waals surface area contributed by atoms with Gasteiger partial charge in [0.25, 0.3) is 0 Å². The summed E-state index contributed by atoms with van der Waals surface area (Å²) in [6.07, 6.45) is 0. The number of hydrogen-bond donors (Lipinski definition) is 2. The molecule has 1 aromatic heterocycles. The molecular formula is C14H16N2O4S2. The molecule has 0 radical (unpaired) electrons. The van der Waals surface area contributed by atoms with E-state index in [1.807, 2.05) is 19.2 Å². The molecule has 0 amide bonds. The van der Waals surface area contributed by atoms with Gasteiger partial charge in [0.2, 0.25) is 10.0 Å². The van der Waals surface area contributed by atoms with Gasteiger partial charge in [0.05, 0.1) is 27.7 Å². The SMILES string of the molecule is CC(C)c1nc(CNS(=O)(=O)c2ccc(C(=O)O)cc2)cs1. The molecule has 0 aliphatic rings. The average Bonchev–Trinajstić information content (AvgIpc) is 2.94. The van der Waals surface area contributed by atoms with Gasteiger partial charge in [0, 0.05) is 11.3 Å². The summed E-state index contributed by atoms with van der Waals surface area (Å²) in [6, 6.07) is 5.06. The molecule has 0 aliphatic heterocycles. The fourth-order valence-electron chi connectivity index (χ4n) is 1.70. The van der Waals surface area contributed by atoms with Crippen molar-refractivity contribution in [1.82, 2.24) is 9.71 Å². The molecule has 8 heteroatoms. The Morgan fingerprint density at radius 2 is 1.95 bits per heavy atom. The van der Waals surface area contributed by atoms with E-state index in [1.54, 1.807) is 0 Å². The zero-order valence-corrected chi connectivity index (χ0v) is 13.7. The lowest BCUT2D eigenvalue weighted by Gasteiger charge is -2.05. The van der Waals surface area contributed by atoms with Crippen LogP contribution in [0.5, 0.6) is 0 Å². The highest BCUT2D eigenvalue weighted by Crippen LogP contribution is 2.19. The summed E-state index contributed by atoms with van der Waals surface area (Å²) >= 11 is 1.50. The van der Waals surface area contributed by atoms with E-state index in [4.69, 9.17) is 5.11 Å². The summed E-state index contributed by atoms with van der Waals surface area (Å²) in [5.74, 6) is -0.792. The average molecular weight is 340 g/mol. The molecule has 0 unspecified atom stereocenters. The predicted octanol–water partition coefficient (Wildman–Crippen LogP) is 2.44. The summed E-state index contributed by atoms with van der Waals surface area (Å²) < 4.78 is 26.8. The molecular weight excluding hydrogens is 324 g/mol. The number of sulfonamides is 1. The van der Waals surface area contributed by atoms with Gasteiger partial charge in [-0.05, 0) is 24.3 Å². The van der Waals surface area contributed by atoms with E-state index in [-0.39, 0.29) is 17.0 Å². The Balaban J connectivity index is 2.08. The van der Waals surface area contributed by atoms with Crippen LogP contribution in [0.15, 0.2) is 34.5 Å². The molecule has 22 heavy (non-hydrogen) atoms. The van der Waals surface area contributed by atoms with Gasteiger partial charge in [-0.1, -0.05) is 13.8 Å². The first kappa shape index (κ1) is 16.6. The predicted molar refractivity (Wildman–Crippen MR) is 83.6 cm³/mol. The van der Waals surface area contributed by atoms with Gasteiger partial charge in [-0.2, -0.15) is 0 Å². The van der Waals surface area contributed by atoms with Crippen molar-refractivity contribution < 1.29 is 18.3 Å².